The summed E-state index contributed by atoms with van der Waals surface area (Å²) < 4.78 is 10.2. The summed E-state index contributed by atoms with van der Waals surface area (Å²) in [4.78, 5) is 5.61. The fourth-order valence-corrected chi connectivity index (χ4v) is 5.16. The van der Waals surface area contributed by atoms with Crippen molar-refractivity contribution >= 4 is 40.2 Å². The zero-order valence-corrected chi connectivity index (χ0v) is 20.0. The summed E-state index contributed by atoms with van der Waals surface area (Å²) in [6.07, 6.45) is 1.47. The third-order valence-corrected chi connectivity index (χ3v) is 6.85. The minimum atomic E-state index is -0.302. The summed E-state index contributed by atoms with van der Waals surface area (Å²) in [6.45, 7) is 6.18. The average molecular weight is 483 g/mol. The number of aryl methyl sites for hydroxylation is 2. The van der Waals surface area contributed by atoms with Crippen molar-refractivity contribution in [3.63, 3.8) is 0 Å². The Kier molecular flexibility index (Phi) is 5.45. The standard InChI is InChI=1S/C24H20Cl2N4OS/c1-14-4-5-15(2)29(14)21-9-11-32-24(21)19-13-23-27-10-8-20(30(23)28-19)16(3)31-22-7-6-17(25)12-18(22)26/h4-13,16H,1-3H3/t16-/m1/s1. The van der Waals surface area contributed by atoms with Crippen molar-refractivity contribution in [2.45, 2.75) is 26.9 Å². The van der Waals surface area contributed by atoms with Crippen molar-refractivity contribution in [1.82, 2.24) is 19.2 Å². The van der Waals surface area contributed by atoms with Crippen LogP contribution in [0, 0.1) is 13.8 Å². The van der Waals surface area contributed by atoms with E-state index >= 15 is 0 Å². The van der Waals surface area contributed by atoms with Gasteiger partial charge in [0.1, 0.15) is 17.5 Å². The highest BCUT2D eigenvalue weighted by atomic mass is 35.5. The van der Waals surface area contributed by atoms with Crippen molar-refractivity contribution in [3.05, 3.63) is 87.2 Å². The van der Waals surface area contributed by atoms with Crippen LogP contribution in [0.4, 0.5) is 0 Å². The van der Waals surface area contributed by atoms with Crippen LogP contribution < -0.4 is 4.74 Å². The molecule has 0 saturated heterocycles. The zero-order chi connectivity index (χ0) is 22.4. The first-order valence-electron chi connectivity index (χ1n) is 10.1. The van der Waals surface area contributed by atoms with Gasteiger partial charge >= 0.3 is 0 Å². The molecular formula is C24H20Cl2N4OS. The van der Waals surface area contributed by atoms with Gasteiger partial charge in [0, 0.05) is 28.7 Å². The van der Waals surface area contributed by atoms with E-state index in [1.807, 2.05) is 23.6 Å². The molecule has 0 radical (unpaired) electrons. The molecule has 0 saturated carbocycles. The molecule has 1 atom stereocenters. The quantitative estimate of drug-likeness (QED) is 0.263. The Morgan fingerprint density at radius 2 is 1.78 bits per heavy atom. The van der Waals surface area contributed by atoms with Gasteiger partial charge in [0.25, 0.3) is 0 Å². The van der Waals surface area contributed by atoms with E-state index in [2.05, 4.69) is 47.0 Å². The second-order valence-corrected chi connectivity index (χ2v) is 9.35. The lowest BCUT2D eigenvalue weighted by Crippen LogP contribution is -2.10. The molecule has 0 aliphatic rings. The third kappa shape index (κ3) is 3.68. The molecule has 5 rings (SSSR count). The van der Waals surface area contributed by atoms with Gasteiger partial charge in [-0.15, -0.1) is 11.3 Å². The van der Waals surface area contributed by atoms with Crippen LogP contribution in [-0.4, -0.2) is 19.2 Å². The highest BCUT2D eigenvalue weighted by molar-refractivity contribution is 7.14. The number of hydrogen-bond donors (Lipinski definition) is 0. The Morgan fingerprint density at radius 1 is 1.00 bits per heavy atom. The van der Waals surface area contributed by atoms with E-state index in [1.165, 1.54) is 11.4 Å². The number of rotatable bonds is 5. The Balaban J connectivity index is 1.54. The van der Waals surface area contributed by atoms with Gasteiger partial charge < -0.3 is 9.30 Å². The highest BCUT2D eigenvalue weighted by Crippen LogP contribution is 2.35. The van der Waals surface area contributed by atoms with Crippen LogP contribution in [0.15, 0.2) is 60.1 Å². The average Bonchev–Trinajstić information content (AvgIpc) is 3.47. The molecule has 4 aromatic heterocycles. The van der Waals surface area contributed by atoms with Gasteiger partial charge in [0.2, 0.25) is 0 Å². The predicted octanol–water partition coefficient (Wildman–Crippen LogP) is 7.31. The second-order valence-electron chi connectivity index (χ2n) is 7.59. The highest BCUT2D eigenvalue weighted by Gasteiger charge is 2.19. The number of benzene rings is 1. The summed E-state index contributed by atoms with van der Waals surface area (Å²) >= 11 is 14.0. The lowest BCUT2D eigenvalue weighted by atomic mass is 10.2. The van der Waals surface area contributed by atoms with Crippen molar-refractivity contribution in [2.75, 3.05) is 0 Å². The summed E-state index contributed by atoms with van der Waals surface area (Å²) in [6, 6.07) is 15.5. The van der Waals surface area contributed by atoms with Crippen LogP contribution in [0.5, 0.6) is 5.75 Å². The van der Waals surface area contributed by atoms with Gasteiger partial charge in [-0.25, -0.2) is 9.50 Å². The minimum absolute atomic E-state index is 0.302. The molecule has 0 bridgehead atoms. The molecule has 8 heteroatoms. The van der Waals surface area contributed by atoms with Crippen LogP contribution >= 0.6 is 34.5 Å². The molecule has 0 amide bonds. The van der Waals surface area contributed by atoms with E-state index in [1.54, 1.807) is 35.7 Å². The Morgan fingerprint density at radius 3 is 2.53 bits per heavy atom. The number of halogens is 2. The molecule has 32 heavy (non-hydrogen) atoms. The van der Waals surface area contributed by atoms with Crippen molar-refractivity contribution < 1.29 is 4.74 Å². The predicted molar refractivity (Wildman–Crippen MR) is 131 cm³/mol. The van der Waals surface area contributed by atoms with Crippen LogP contribution in [0.25, 0.3) is 21.9 Å². The number of nitrogens with zero attached hydrogens (tertiary/aromatic N) is 4. The first-order valence-corrected chi connectivity index (χ1v) is 11.8. The van der Waals surface area contributed by atoms with Gasteiger partial charge in [-0.3, -0.25) is 0 Å². The van der Waals surface area contributed by atoms with E-state index in [0.29, 0.717) is 15.8 Å². The normalized spacial score (nSPS) is 12.4. The Bertz CT molecular complexity index is 1420. The fraction of sp³-hybridized carbons (Fsp3) is 0.167. The first kappa shape index (κ1) is 21.1. The van der Waals surface area contributed by atoms with Gasteiger partial charge in [0.15, 0.2) is 5.65 Å². The number of hydrogen-bond acceptors (Lipinski definition) is 4. The summed E-state index contributed by atoms with van der Waals surface area (Å²) in [5.41, 5.74) is 6.00. The monoisotopic (exact) mass is 482 g/mol. The molecule has 0 unspecified atom stereocenters. The van der Waals surface area contributed by atoms with Crippen LogP contribution in [0.1, 0.15) is 30.1 Å². The van der Waals surface area contributed by atoms with Gasteiger partial charge in [0.05, 0.1) is 21.3 Å². The van der Waals surface area contributed by atoms with E-state index < -0.39 is 0 Å². The van der Waals surface area contributed by atoms with Gasteiger partial charge in [-0.2, -0.15) is 5.10 Å². The third-order valence-electron chi connectivity index (χ3n) is 5.39. The van der Waals surface area contributed by atoms with Crippen molar-refractivity contribution in [1.29, 1.82) is 0 Å². The second kappa shape index (κ2) is 8.28. The maximum Gasteiger partial charge on any atom is 0.156 e. The Hall–Kier alpha value is -2.80. The summed E-state index contributed by atoms with van der Waals surface area (Å²) in [5, 5.41) is 8.03. The zero-order valence-electron chi connectivity index (χ0n) is 17.7. The van der Waals surface area contributed by atoms with Crippen molar-refractivity contribution in [3.8, 4) is 22.0 Å². The molecule has 4 heterocycles. The van der Waals surface area contributed by atoms with E-state index in [4.69, 9.17) is 33.0 Å². The molecule has 162 valence electrons. The molecule has 0 aliphatic heterocycles. The maximum absolute atomic E-state index is 6.30. The van der Waals surface area contributed by atoms with Gasteiger partial charge in [-0.1, -0.05) is 23.2 Å². The lowest BCUT2D eigenvalue weighted by Gasteiger charge is -2.17. The number of fused-ring (bicyclic) bond motifs is 1. The lowest BCUT2D eigenvalue weighted by molar-refractivity contribution is 0.219. The largest absolute Gasteiger partial charge is 0.483 e. The molecule has 0 N–H and O–H groups in total. The topological polar surface area (TPSA) is 44.4 Å². The molecule has 5 nitrogen and oxygen atoms in total. The molecule has 0 aliphatic carbocycles. The van der Waals surface area contributed by atoms with Crippen LogP contribution in [0.2, 0.25) is 10.0 Å². The molecule has 1 aromatic carbocycles. The number of aromatic nitrogens is 4. The van der Waals surface area contributed by atoms with Crippen molar-refractivity contribution in [2.24, 2.45) is 0 Å². The SMILES string of the molecule is Cc1ccc(C)n1-c1ccsc1-c1cc2nccc([C@@H](C)Oc3ccc(Cl)cc3Cl)n2n1. The smallest absolute Gasteiger partial charge is 0.156 e. The van der Waals surface area contributed by atoms with E-state index in [0.717, 1.165) is 27.6 Å². The van der Waals surface area contributed by atoms with E-state index in [9.17, 15) is 0 Å². The van der Waals surface area contributed by atoms with Crippen LogP contribution in [0.3, 0.4) is 0 Å². The fourth-order valence-electron chi connectivity index (χ4n) is 3.87. The maximum atomic E-state index is 6.30. The minimum Gasteiger partial charge on any atom is -0.483 e. The number of thiophene rings is 1. The van der Waals surface area contributed by atoms with Crippen LogP contribution in [-0.2, 0) is 0 Å². The summed E-state index contributed by atoms with van der Waals surface area (Å²) in [7, 11) is 0. The molecular weight excluding hydrogens is 463 g/mol. The van der Waals surface area contributed by atoms with E-state index in [-0.39, 0.29) is 6.10 Å². The summed E-state index contributed by atoms with van der Waals surface area (Å²) in [5.74, 6) is 0.569. The molecule has 0 fully saturated rings. The number of ether oxygens (including phenoxy) is 1. The Labute approximate surface area is 199 Å². The molecule has 5 aromatic rings. The molecule has 0 spiro atoms. The first-order chi connectivity index (χ1) is 15.4. The van der Waals surface area contributed by atoms with Gasteiger partial charge in [-0.05, 0) is 68.6 Å².